The molecule has 0 radical (unpaired) electrons. The standard InChI is InChI=1S/C21H19F3N4O2S.ClH/c1-13-2-7-16-18(27-14-3-5-15(6-4-14)30-21(22,23)24)17(12-25-19(16)26-13)20(29)28-8-10-31-11-9-28;/h2-7,12H,8-11H2,1H3,(H,25,26,27);1H. The molecule has 3 aromatic rings. The molecular weight excluding hydrogens is 465 g/mol. The van der Waals surface area contributed by atoms with Crippen molar-refractivity contribution in [2.24, 2.45) is 0 Å². The summed E-state index contributed by atoms with van der Waals surface area (Å²) in [4.78, 5) is 23.8. The van der Waals surface area contributed by atoms with E-state index in [4.69, 9.17) is 0 Å². The monoisotopic (exact) mass is 484 g/mol. The summed E-state index contributed by atoms with van der Waals surface area (Å²) in [6.45, 7) is 3.14. The summed E-state index contributed by atoms with van der Waals surface area (Å²) in [6, 6.07) is 9.00. The summed E-state index contributed by atoms with van der Waals surface area (Å²) in [5.74, 6) is 1.28. The van der Waals surface area contributed by atoms with E-state index >= 15 is 0 Å². The molecule has 0 unspecified atom stereocenters. The molecular formula is C21H20ClF3N4O2S. The van der Waals surface area contributed by atoms with Crippen LogP contribution in [0.4, 0.5) is 24.5 Å². The van der Waals surface area contributed by atoms with Gasteiger partial charge < -0.3 is 15.0 Å². The minimum atomic E-state index is -4.76. The highest BCUT2D eigenvalue weighted by atomic mass is 35.5. The number of halogens is 4. The first-order valence-electron chi connectivity index (χ1n) is 9.56. The van der Waals surface area contributed by atoms with Crippen LogP contribution in [-0.4, -0.2) is 51.7 Å². The van der Waals surface area contributed by atoms with Crippen molar-refractivity contribution in [1.82, 2.24) is 14.9 Å². The van der Waals surface area contributed by atoms with Crippen molar-refractivity contribution in [2.75, 3.05) is 29.9 Å². The number of carbonyl (C=O) groups excluding carboxylic acids is 1. The van der Waals surface area contributed by atoms with Gasteiger partial charge in [0, 0.05) is 47.6 Å². The number of nitrogens with zero attached hydrogens (tertiary/aromatic N) is 3. The fraction of sp³-hybridized carbons (Fsp3) is 0.286. The number of hydrogen-bond acceptors (Lipinski definition) is 6. The predicted octanol–water partition coefficient (Wildman–Crippen LogP) is 5.19. The van der Waals surface area contributed by atoms with Crippen molar-refractivity contribution in [3.8, 4) is 5.75 Å². The number of nitrogens with one attached hydrogen (secondary N) is 1. The second-order valence-corrected chi connectivity index (χ2v) is 8.20. The number of ether oxygens (including phenoxy) is 1. The quantitative estimate of drug-likeness (QED) is 0.549. The van der Waals surface area contributed by atoms with E-state index in [1.54, 1.807) is 16.7 Å². The summed E-state index contributed by atoms with van der Waals surface area (Å²) in [5, 5.41) is 3.83. The minimum Gasteiger partial charge on any atom is -0.406 e. The van der Waals surface area contributed by atoms with E-state index in [0.29, 0.717) is 41.1 Å². The van der Waals surface area contributed by atoms with Gasteiger partial charge in [-0.05, 0) is 43.3 Å². The first kappa shape index (κ1) is 23.9. The van der Waals surface area contributed by atoms with Gasteiger partial charge >= 0.3 is 6.36 Å². The average Bonchev–Trinajstić information content (AvgIpc) is 2.74. The van der Waals surface area contributed by atoms with Crippen LogP contribution in [0.25, 0.3) is 11.0 Å². The molecule has 2 aromatic heterocycles. The molecule has 1 aliphatic heterocycles. The number of alkyl halides is 3. The Kier molecular flexibility index (Phi) is 7.35. The lowest BCUT2D eigenvalue weighted by Crippen LogP contribution is -2.38. The van der Waals surface area contributed by atoms with Gasteiger partial charge in [0.1, 0.15) is 5.75 Å². The first-order chi connectivity index (χ1) is 14.8. The van der Waals surface area contributed by atoms with E-state index < -0.39 is 6.36 Å². The number of thioether (sulfide) groups is 1. The Morgan fingerprint density at radius 1 is 1.12 bits per heavy atom. The zero-order chi connectivity index (χ0) is 22.0. The molecule has 0 bridgehead atoms. The maximum atomic E-state index is 13.2. The molecule has 0 atom stereocenters. The number of fused-ring (bicyclic) bond motifs is 1. The summed E-state index contributed by atoms with van der Waals surface area (Å²) >= 11 is 1.80. The molecule has 0 aliphatic carbocycles. The summed E-state index contributed by atoms with van der Waals surface area (Å²) < 4.78 is 41.2. The smallest absolute Gasteiger partial charge is 0.406 e. The summed E-state index contributed by atoms with van der Waals surface area (Å²) in [7, 11) is 0. The van der Waals surface area contributed by atoms with E-state index in [2.05, 4.69) is 20.0 Å². The van der Waals surface area contributed by atoms with Crippen molar-refractivity contribution in [3.63, 3.8) is 0 Å². The zero-order valence-corrected chi connectivity index (χ0v) is 18.6. The van der Waals surface area contributed by atoms with Crippen LogP contribution < -0.4 is 10.1 Å². The summed E-state index contributed by atoms with van der Waals surface area (Å²) in [6.07, 6.45) is -3.26. The number of aromatic nitrogens is 2. The molecule has 6 nitrogen and oxygen atoms in total. The Hall–Kier alpha value is -2.72. The number of aryl methyl sites for hydroxylation is 1. The second-order valence-electron chi connectivity index (χ2n) is 6.97. The lowest BCUT2D eigenvalue weighted by atomic mass is 10.1. The predicted molar refractivity (Wildman–Crippen MR) is 121 cm³/mol. The van der Waals surface area contributed by atoms with E-state index in [1.165, 1.54) is 30.5 Å². The average molecular weight is 485 g/mol. The van der Waals surface area contributed by atoms with Crippen molar-refractivity contribution in [3.05, 3.63) is 53.9 Å². The molecule has 170 valence electrons. The molecule has 3 heterocycles. The van der Waals surface area contributed by atoms with Gasteiger partial charge in [0.2, 0.25) is 0 Å². The van der Waals surface area contributed by atoms with Gasteiger partial charge in [0.15, 0.2) is 5.65 Å². The van der Waals surface area contributed by atoms with Crippen LogP contribution in [0, 0.1) is 6.92 Å². The van der Waals surface area contributed by atoms with Crippen LogP contribution in [0.1, 0.15) is 16.1 Å². The third kappa shape index (κ3) is 5.55. The molecule has 1 saturated heterocycles. The maximum Gasteiger partial charge on any atom is 0.573 e. The lowest BCUT2D eigenvalue weighted by molar-refractivity contribution is -0.274. The van der Waals surface area contributed by atoms with E-state index in [0.717, 1.165) is 17.2 Å². The minimum absolute atomic E-state index is 0. The third-order valence-corrected chi connectivity index (χ3v) is 5.70. The highest BCUT2D eigenvalue weighted by Crippen LogP contribution is 2.31. The Morgan fingerprint density at radius 2 is 1.81 bits per heavy atom. The van der Waals surface area contributed by atoms with Crippen LogP contribution >= 0.6 is 24.2 Å². The van der Waals surface area contributed by atoms with Gasteiger partial charge in [-0.1, -0.05) is 0 Å². The number of anilines is 2. The molecule has 1 amide bonds. The van der Waals surface area contributed by atoms with Crippen LogP contribution in [0.3, 0.4) is 0 Å². The second kappa shape index (κ2) is 9.83. The van der Waals surface area contributed by atoms with E-state index in [-0.39, 0.29) is 24.1 Å². The topological polar surface area (TPSA) is 67.3 Å². The number of rotatable bonds is 4. The SMILES string of the molecule is Cc1ccc2c(Nc3ccc(OC(F)(F)F)cc3)c(C(=O)N3CCSCC3)cnc2n1.Cl. The highest BCUT2D eigenvalue weighted by Gasteiger charge is 2.31. The van der Waals surface area contributed by atoms with Crippen LogP contribution in [0.5, 0.6) is 5.75 Å². The molecule has 32 heavy (non-hydrogen) atoms. The molecule has 11 heteroatoms. The van der Waals surface area contributed by atoms with Gasteiger partial charge in [-0.15, -0.1) is 25.6 Å². The van der Waals surface area contributed by atoms with Crippen LogP contribution in [-0.2, 0) is 0 Å². The normalized spacial score (nSPS) is 14.1. The van der Waals surface area contributed by atoms with Gasteiger partial charge in [-0.3, -0.25) is 4.79 Å². The Morgan fingerprint density at radius 3 is 2.47 bits per heavy atom. The molecule has 0 saturated carbocycles. The maximum absolute atomic E-state index is 13.2. The van der Waals surface area contributed by atoms with Crippen molar-refractivity contribution in [2.45, 2.75) is 13.3 Å². The van der Waals surface area contributed by atoms with Crippen molar-refractivity contribution >= 4 is 52.5 Å². The van der Waals surface area contributed by atoms with E-state index in [9.17, 15) is 18.0 Å². The fourth-order valence-electron chi connectivity index (χ4n) is 3.29. The third-order valence-electron chi connectivity index (χ3n) is 4.75. The fourth-order valence-corrected chi connectivity index (χ4v) is 4.19. The molecule has 0 spiro atoms. The molecule has 1 N–H and O–H groups in total. The molecule has 1 aliphatic rings. The van der Waals surface area contributed by atoms with Gasteiger partial charge in [0.25, 0.3) is 5.91 Å². The van der Waals surface area contributed by atoms with Gasteiger partial charge in [0.05, 0.1) is 11.3 Å². The van der Waals surface area contributed by atoms with Gasteiger partial charge in [-0.25, -0.2) is 9.97 Å². The lowest BCUT2D eigenvalue weighted by Gasteiger charge is -2.27. The highest BCUT2D eigenvalue weighted by molar-refractivity contribution is 7.99. The van der Waals surface area contributed by atoms with Crippen LogP contribution in [0.2, 0.25) is 0 Å². The van der Waals surface area contributed by atoms with E-state index in [1.807, 2.05) is 19.1 Å². The Bertz CT molecular complexity index is 1110. The number of hydrogen-bond donors (Lipinski definition) is 1. The van der Waals surface area contributed by atoms with Crippen molar-refractivity contribution < 1.29 is 22.7 Å². The van der Waals surface area contributed by atoms with Crippen LogP contribution in [0.15, 0.2) is 42.6 Å². The Labute approximate surface area is 193 Å². The molecule has 1 fully saturated rings. The molecule has 1 aromatic carbocycles. The first-order valence-corrected chi connectivity index (χ1v) is 10.7. The number of benzene rings is 1. The molecule has 4 rings (SSSR count). The Balaban J connectivity index is 0.00000289. The van der Waals surface area contributed by atoms with Gasteiger partial charge in [-0.2, -0.15) is 11.8 Å². The largest absolute Gasteiger partial charge is 0.573 e. The number of amides is 1. The van der Waals surface area contributed by atoms with Crippen molar-refractivity contribution in [1.29, 1.82) is 0 Å². The summed E-state index contributed by atoms with van der Waals surface area (Å²) in [5.41, 5.74) is 2.67. The number of carbonyl (C=O) groups is 1. The number of pyridine rings is 2. The zero-order valence-electron chi connectivity index (χ0n) is 17.0.